The third-order valence-corrected chi connectivity index (χ3v) is 3.85. The zero-order chi connectivity index (χ0) is 13.4. The Bertz CT molecular complexity index is 638. The average molecular weight is 258 g/mol. The first-order valence-corrected chi connectivity index (χ1v) is 6.60. The molecule has 0 saturated heterocycles. The van der Waals surface area contributed by atoms with Crippen molar-refractivity contribution in [2.45, 2.75) is 19.8 Å². The Balaban J connectivity index is 2.28. The molecule has 1 aliphatic rings. The molecule has 19 heavy (non-hydrogen) atoms. The minimum absolute atomic E-state index is 0.147. The first-order valence-electron chi connectivity index (χ1n) is 6.60. The van der Waals surface area contributed by atoms with Gasteiger partial charge in [-0.05, 0) is 37.1 Å². The molecule has 3 rings (SSSR count). The van der Waals surface area contributed by atoms with Crippen molar-refractivity contribution in [3.8, 4) is 11.5 Å². The number of hydrogen-bond donors (Lipinski definition) is 2. The summed E-state index contributed by atoms with van der Waals surface area (Å²) in [5, 5.41) is 14.3. The Morgan fingerprint density at radius 2 is 2.05 bits per heavy atom. The van der Waals surface area contributed by atoms with Gasteiger partial charge in [0.15, 0.2) is 11.5 Å². The highest BCUT2D eigenvalue weighted by atomic mass is 16.5. The predicted octanol–water partition coefficient (Wildman–Crippen LogP) is 1.95. The molecule has 2 aromatic rings. The fraction of sp³-hybridized carbons (Fsp3) is 0.400. The van der Waals surface area contributed by atoms with E-state index in [1.807, 2.05) is 6.07 Å². The number of aryl methyl sites for hydroxylation is 1. The lowest BCUT2D eigenvalue weighted by atomic mass is 9.98. The molecule has 0 spiro atoms. The van der Waals surface area contributed by atoms with E-state index in [9.17, 15) is 5.11 Å². The summed E-state index contributed by atoms with van der Waals surface area (Å²) in [6.45, 7) is 4.09. The number of hydrogen-bond acceptors (Lipinski definition) is 4. The van der Waals surface area contributed by atoms with Gasteiger partial charge in [-0.3, -0.25) is 4.98 Å². The van der Waals surface area contributed by atoms with Gasteiger partial charge in [0.2, 0.25) is 0 Å². The lowest BCUT2D eigenvalue weighted by Crippen LogP contribution is -2.16. The minimum Gasteiger partial charge on any atom is -0.504 e. The van der Waals surface area contributed by atoms with Gasteiger partial charge in [-0.2, -0.15) is 0 Å². The number of phenols is 1. The van der Waals surface area contributed by atoms with Crippen molar-refractivity contribution in [3.05, 3.63) is 29.0 Å². The second-order valence-corrected chi connectivity index (χ2v) is 4.95. The van der Waals surface area contributed by atoms with Gasteiger partial charge in [0.25, 0.3) is 0 Å². The highest BCUT2D eigenvalue weighted by Gasteiger charge is 2.16. The summed E-state index contributed by atoms with van der Waals surface area (Å²) in [6.07, 6.45) is 1.95. The van der Waals surface area contributed by atoms with E-state index in [1.54, 1.807) is 13.2 Å². The number of rotatable bonds is 1. The fourth-order valence-corrected chi connectivity index (χ4v) is 2.79. The Morgan fingerprint density at radius 1 is 1.26 bits per heavy atom. The molecule has 0 aliphatic carbocycles. The Kier molecular flexibility index (Phi) is 3.03. The van der Waals surface area contributed by atoms with Crippen molar-refractivity contribution in [1.82, 2.24) is 10.3 Å². The molecule has 1 aromatic carbocycles. The maximum absolute atomic E-state index is 9.88. The van der Waals surface area contributed by atoms with Gasteiger partial charge in [0.05, 0.1) is 12.6 Å². The molecule has 2 N–H and O–H groups in total. The molecule has 0 radical (unpaired) electrons. The van der Waals surface area contributed by atoms with E-state index in [0.717, 1.165) is 42.5 Å². The van der Waals surface area contributed by atoms with Crippen molar-refractivity contribution >= 4 is 10.9 Å². The van der Waals surface area contributed by atoms with Gasteiger partial charge in [-0.25, -0.2) is 0 Å². The van der Waals surface area contributed by atoms with Gasteiger partial charge in [-0.1, -0.05) is 0 Å². The normalized spacial score (nSPS) is 15.1. The van der Waals surface area contributed by atoms with Crippen LogP contribution in [0.15, 0.2) is 12.1 Å². The van der Waals surface area contributed by atoms with Gasteiger partial charge in [0, 0.05) is 30.1 Å². The van der Waals surface area contributed by atoms with Gasteiger partial charge in [-0.15, -0.1) is 0 Å². The fourth-order valence-electron chi connectivity index (χ4n) is 2.79. The van der Waals surface area contributed by atoms with Crippen LogP contribution in [0.3, 0.4) is 0 Å². The highest BCUT2D eigenvalue weighted by Crippen LogP contribution is 2.33. The molecular formula is C15H18N2O2. The Hall–Kier alpha value is -1.81. The zero-order valence-corrected chi connectivity index (χ0v) is 11.3. The van der Waals surface area contributed by atoms with Crippen LogP contribution in [-0.4, -0.2) is 30.3 Å². The van der Waals surface area contributed by atoms with Crippen molar-refractivity contribution in [2.75, 3.05) is 20.2 Å². The number of nitrogens with one attached hydrogen (secondary N) is 1. The second-order valence-electron chi connectivity index (χ2n) is 4.95. The van der Waals surface area contributed by atoms with E-state index < -0.39 is 0 Å². The third kappa shape index (κ3) is 2.02. The van der Waals surface area contributed by atoms with Crippen molar-refractivity contribution in [3.63, 3.8) is 0 Å². The van der Waals surface area contributed by atoms with Crippen molar-refractivity contribution in [2.24, 2.45) is 0 Å². The molecule has 2 heterocycles. The number of methoxy groups -OCH3 is 1. The summed E-state index contributed by atoms with van der Waals surface area (Å²) in [5.74, 6) is 0.651. The predicted molar refractivity (Wildman–Crippen MR) is 75.0 cm³/mol. The summed E-state index contributed by atoms with van der Waals surface area (Å²) in [5.41, 5.74) is 4.59. The van der Waals surface area contributed by atoms with Crippen LogP contribution < -0.4 is 10.1 Å². The summed E-state index contributed by atoms with van der Waals surface area (Å²) >= 11 is 0. The van der Waals surface area contributed by atoms with Crippen LogP contribution in [0, 0.1) is 6.92 Å². The molecular weight excluding hydrogens is 240 g/mol. The summed E-state index contributed by atoms with van der Waals surface area (Å²) in [4.78, 5) is 4.72. The lowest BCUT2D eigenvalue weighted by molar-refractivity contribution is 0.374. The quantitative estimate of drug-likeness (QED) is 0.821. The number of pyridine rings is 1. The van der Waals surface area contributed by atoms with E-state index in [-0.39, 0.29) is 5.75 Å². The summed E-state index contributed by atoms with van der Waals surface area (Å²) in [7, 11) is 1.57. The van der Waals surface area contributed by atoms with E-state index in [1.165, 1.54) is 11.1 Å². The number of nitrogens with zero attached hydrogens (tertiary/aromatic N) is 1. The highest BCUT2D eigenvalue weighted by molar-refractivity contribution is 5.86. The molecule has 0 unspecified atom stereocenters. The molecule has 4 nitrogen and oxygen atoms in total. The van der Waals surface area contributed by atoms with Crippen molar-refractivity contribution in [1.29, 1.82) is 0 Å². The van der Waals surface area contributed by atoms with Gasteiger partial charge < -0.3 is 15.2 Å². The molecule has 4 heteroatoms. The molecule has 100 valence electrons. The molecule has 0 amide bonds. The summed E-state index contributed by atoms with van der Waals surface area (Å²) in [6, 6.07) is 3.57. The van der Waals surface area contributed by atoms with E-state index >= 15 is 0 Å². The molecule has 1 aliphatic heterocycles. The number of aromatic nitrogens is 1. The van der Waals surface area contributed by atoms with Crippen LogP contribution in [0.5, 0.6) is 11.5 Å². The van der Waals surface area contributed by atoms with Crippen LogP contribution >= 0.6 is 0 Å². The maximum atomic E-state index is 9.88. The zero-order valence-electron chi connectivity index (χ0n) is 11.3. The van der Waals surface area contributed by atoms with Crippen LogP contribution in [0.2, 0.25) is 0 Å². The standard InChI is InChI=1S/C15H18N2O2/c1-9-10-3-5-16-6-4-12(10)17-13-8-14(18)15(19-2)7-11(9)13/h7-8,16,18H,3-6H2,1-2H3. The van der Waals surface area contributed by atoms with E-state index in [2.05, 4.69) is 12.2 Å². The van der Waals surface area contributed by atoms with Gasteiger partial charge in [0.1, 0.15) is 0 Å². The van der Waals surface area contributed by atoms with E-state index in [0.29, 0.717) is 5.75 Å². The number of phenolic OH excluding ortho intramolecular Hbond substituents is 1. The maximum Gasteiger partial charge on any atom is 0.161 e. The molecule has 1 aromatic heterocycles. The lowest BCUT2D eigenvalue weighted by Gasteiger charge is -2.13. The van der Waals surface area contributed by atoms with E-state index in [4.69, 9.17) is 9.72 Å². The first kappa shape index (κ1) is 12.2. The first-order chi connectivity index (χ1) is 9.20. The monoisotopic (exact) mass is 258 g/mol. The molecule has 0 atom stereocenters. The largest absolute Gasteiger partial charge is 0.504 e. The van der Waals surface area contributed by atoms with Gasteiger partial charge >= 0.3 is 0 Å². The minimum atomic E-state index is 0.147. The second kappa shape index (κ2) is 4.70. The SMILES string of the molecule is COc1cc2c(C)c3c(nc2cc1O)CCNCC3. The van der Waals surface area contributed by atoms with Crippen LogP contribution in [0.25, 0.3) is 10.9 Å². The third-order valence-electron chi connectivity index (χ3n) is 3.85. The van der Waals surface area contributed by atoms with Crippen LogP contribution in [0.1, 0.15) is 16.8 Å². The smallest absolute Gasteiger partial charge is 0.161 e. The number of ether oxygens (including phenoxy) is 1. The average Bonchev–Trinajstić information content (AvgIpc) is 2.64. The summed E-state index contributed by atoms with van der Waals surface area (Å²) < 4.78 is 5.19. The topological polar surface area (TPSA) is 54.4 Å². The molecule has 0 saturated carbocycles. The molecule has 0 bridgehead atoms. The Morgan fingerprint density at radius 3 is 2.84 bits per heavy atom. The van der Waals surface area contributed by atoms with Crippen LogP contribution in [-0.2, 0) is 12.8 Å². The Labute approximate surface area is 112 Å². The number of benzene rings is 1. The van der Waals surface area contributed by atoms with Crippen LogP contribution in [0.4, 0.5) is 0 Å². The van der Waals surface area contributed by atoms with Crippen molar-refractivity contribution < 1.29 is 9.84 Å². The number of fused-ring (bicyclic) bond motifs is 2. The number of aromatic hydroxyl groups is 1. The molecule has 0 fully saturated rings.